The Labute approximate surface area is 95.2 Å². The number of nitrogens with zero attached hydrogens (tertiary/aromatic N) is 1. The lowest BCUT2D eigenvalue weighted by Crippen LogP contribution is -2.17. The van der Waals surface area contributed by atoms with Crippen LogP contribution in [0.4, 0.5) is 0 Å². The summed E-state index contributed by atoms with van der Waals surface area (Å²) < 4.78 is 10.1. The van der Waals surface area contributed by atoms with Crippen molar-refractivity contribution in [2.75, 3.05) is 20.7 Å². The fourth-order valence-corrected chi connectivity index (χ4v) is 1.41. The minimum absolute atomic E-state index is 0.382. The van der Waals surface area contributed by atoms with Crippen LogP contribution in [-0.2, 0) is 11.3 Å². The van der Waals surface area contributed by atoms with Gasteiger partial charge in [-0.2, -0.15) is 0 Å². The zero-order valence-corrected chi connectivity index (χ0v) is 9.74. The van der Waals surface area contributed by atoms with Crippen molar-refractivity contribution >= 4 is 5.97 Å². The van der Waals surface area contributed by atoms with Gasteiger partial charge >= 0.3 is 5.97 Å². The normalized spacial score (nSPS) is 10.2. The lowest BCUT2D eigenvalue weighted by molar-refractivity contribution is 0.0599. The van der Waals surface area contributed by atoms with Gasteiger partial charge in [0, 0.05) is 0 Å². The highest BCUT2D eigenvalue weighted by molar-refractivity contribution is 5.90. The van der Waals surface area contributed by atoms with Crippen LogP contribution in [0.5, 0.6) is 0 Å². The molecular formula is C12H15NO3. The average molecular weight is 221 g/mol. The molecule has 16 heavy (non-hydrogen) atoms. The number of hydrogen-bond acceptors (Lipinski definition) is 4. The number of rotatable bonds is 4. The Hall–Kier alpha value is -1.73. The molecule has 0 aliphatic rings. The minimum atomic E-state index is -0.382. The first-order chi connectivity index (χ1) is 7.58. The van der Waals surface area contributed by atoms with Crippen molar-refractivity contribution in [3.8, 4) is 12.3 Å². The first-order valence-electron chi connectivity index (χ1n) is 4.88. The summed E-state index contributed by atoms with van der Waals surface area (Å²) in [5.74, 6) is 3.42. The van der Waals surface area contributed by atoms with Crippen LogP contribution in [0.2, 0.25) is 0 Å². The highest BCUT2D eigenvalue weighted by atomic mass is 16.5. The second-order valence-electron chi connectivity index (χ2n) is 3.55. The predicted octanol–water partition coefficient (Wildman–Crippen LogP) is 1.44. The Morgan fingerprint density at radius 2 is 2.38 bits per heavy atom. The number of ether oxygens (including phenoxy) is 1. The molecule has 0 aromatic carbocycles. The van der Waals surface area contributed by atoms with E-state index in [-0.39, 0.29) is 5.97 Å². The Kier molecular flexibility index (Phi) is 4.15. The zero-order chi connectivity index (χ0) is 12.1. The third-order valence-electron chi connectivity index (χ3n) is 2.16. The second-order valence-corrected chi connectivity index (χ2v) is 3.55. The molecule has 1 aromatic rings. The number of methoxy groups -OCH3 is 1. The predicted molar refractivity (Wildman–Crippen MR) is 60.0 cm³/mol. The fraction of sp³-hybridized carbons (Fsp3) is 0.417. The summed E-state index contributed by atoms with van der Waals surface area (Å²) in [5, 5.41) is 0. The van der Waals surface area contributed by atoms with Crippen LogP contribution in [-0.4, -0.2) is 31.6 Å². The number of terminal acetylenes is 1. The Balaban J connectivity index is 2.77. The van der Waals surface area contributed by atoms with Gasteiger partial charge in [-0.1, -0.05) is 5.92 Å². The molecule has 0 spiro atoms. The van der Waals surface area contributed by atoms with Crippen LogP contribution in [0.3, 0.4) is 0 Å². The van der Waals surface area contributed by atoms with Crippen LogP contribution in [0.15, 0.2) is 10.5 Å². The summed E-state index contributed by atoms with van der Waals surface area (Å²) >= 11 is 0. The molecule has 1 rings (SSSR count). The summed E-state index contributed by atoms with van der Waals surface area (Å²) in [6.07, 6.45) is 5.19. The molecule has 1 aromatic heterocycles. The molecule has 0 aliphatic heterocycles. The molecular weight excluding hydrogens is 206 g/mol. The molecule has 4 nitrogen and oxygen atoms in total. The van der Waals surface area contributed by atoms with Gasteiger partial charge in [0.2, 0.25) is 0 Å². The summed E-state index contributed by atoms with van der Waals surface area (Å²) in [6.45, 7) is 2.84. The zero-order valence-electron chi connectivity index (χ0n) is 9.74. The van der Waals surface area contributed by atoms with Crippen molar-refractivity contribution in [2.45, 2.75) is 13.5 Å². The summed E-state index contributed by atoms with van der Waals surface area (Å²) in [7, 11) is 3.23. The molecule has 1 heterocycles. The van der Waals surface area contributed by atoms with Crippen LogP contribution in [0.1, 0.15) is 21.9 Å². The van der Waals surface area contributed by atoms with Crippen molar-refractivity contribution in [1.29, 1.82) is 0 Å². The maximum absolute atomic E-state index is 11.3. The second kappa shape index (κ2) is 5.38. The molecule has 0 bridgehead atoms. The molecule has 0 radical (unpaired) electrons. The first kappa shape index (κ1) is 12.3. The lowest BCUT2D eigenvalue weighted by atomic mass is 10.2. The number of esters is 1. The molecule has 4 heteroatoms. The maximum atomic E-state index is 11.3. The van der Waals surface area contributed by atoms with Crippen LogP contribution >= 0.6 is 0 Å². The van der Waals surface area contributed by atoms with E-state index in [4.69, 9.17) is 10.8 Å². The summed E-state index contributed by atoms with van der Waals surface area (Å²) in [5.41, 5.74) is 0.464. The molecule has 0 fully saturated rings. The van der Waals surface area contributed by atoms with E-state index in [0.29, 0.717) is 30.2 Å². The maximum Gasteiger partial charge on any atom is 0.341 e. The number of aryl methyl sites for hydroxylation is 1. The average Bonchev–Trinajstić information content (AvgIpc) is 2.58. The highest BCUT2D eigenvalue weighted by Crippen LogP contribution is 2.16. The largest absolute Gasteiger partial charge is 0.465 e. The molecule has 0 saturated heterocycles. The quantitative estimate of drug-likeness (QED) is 0.570. The topological polar surface area (TPSA) is 42.7 Å². The Bertz CT molecular complexity index is 414. The van der Waals surface area contributed by atoms with Crippen LogP contribution in [0.25, 0.3) is 0 Å². The SMILES string of the molecule is C#CCN(C)Cc1cc(C(=O)OC)c(C)o1. The van der Waals surface area contributed by atoms with E-state index in [1.165, 1.54) is 7.11 Å². The lowest BCUT2D eigenvalue weighted by Gasteiger charge is -2.09. The van der Waals surface area contributed by atoms with Crippen molar-refractivity contribution in [3.63, 3.8) is 0 Å². The van der Waals surface area contributed by atoms with E-state index in [1.807, 2.05) is 11.9 Å². The number of carbonyl (C=O) groups is 1. The van der Waals surface area contributed by atoms with Gasteiger partial charge in [0.05, 0.1) is 20.2 Å². The standard InChI is InChI=1S/C12H15NO3/c1-5-6-13(3)8-10-7-11(9(2)16-10)12(14)15-4/h1,7H,6,8H2,2-4H3. The first-order valence-corrected chi connectivity index (χ1v) is 4.88. The van der Waals surface area contributed by atoms with Gasteiger partial charge in [-0.3, -0.25) is 4.90 Å². The highest BCUT2D eigenvalue weighted by Gasteiger charge is 2.15. The number of furan rings is 1. The van der Waals surface area contributed by atoms with Crippen molar-refractivity contribution in [1.82, 2.24) is 4.90 Å². The molecule has 0 unspecified atom stereocenters. The Morgan fingerprint density at radius 3 is 2.94 bits per heavy atom. The number of hydrogen-bond donors (Lipinski definition) is 0. The molecule has 86 valence electrons. The summed E-state index contributed by atoms with van der Waals surface area (Å²) in [6, 6.07) is 1.69. The van der Waals surface area contributed by atoms with E-state index >= 15 is 0 Å². The minimum Gasteiger partial charge on any atom is -0.465 e. The van der Waals surface area contributed by atoms with Crippen molar-refractivity contribution in [2.24, 2.45) is 0 Å². The van der Waals surface area contributed by atoms with Gasteiger partial charge in [-0.25, -0.2) is 4.79 Å². The molecule has 0 saturated carbocycles. The van der Waals surface area contributed by atoms with Crippen molar-refractivity contribution in [3.05, 3.63) is 23.2 Å². The molecule has 0 atom stereocenters. The van der Waals surface area contributed by atoms with Gasteiger partial charge in [0.25, 0.3) is 0 Å². The van der Waals surface area contributed by atoms with Crippen LogP contribution in [0, 0.1) is 19.3 Å². The van der Waals surface area contributed by atoms with E-state index in [0.717, 1.165) is 0 Å². The van der Waals surface area contributed by atoms with Gasteiger partial charge in [0.1, 0.15) is 17.1 Å². The number of carbonyl (C=O) groups excluding carboxylic acids is 1. The van der Waals surface area contributed by atoms with E-state index in [1.54, 1.807) is 13.0 Å². The smallest absolute Gasteiger partial charge is 0.341 e. The van der Waals surface area contributed by atoms with E-state index in [9.17, 15) is 4.79 Å². The third-order valence-corrected chi connectivity index (χ3v) is 2.16. The third kappa shape index (κ3) is 2.88. The van der Waals surface area contributed by atoms with E-state index < -0.39 is 0 Å². The van der Waals surface area contributed by atoms with Gasteiger partial charge in [-0.05, 0) is 20.0 Å². The molecule has 0 aliphatic carbocycles. The molecule has 0 amide bonds. The van der Waals surface area contributed by atoms with Crippen molar-refractivity contribution < 1.29 is 13.9 Å². The van der Waals surface area contributed by atoms with Gasteiger partial charge in [-0.15, -0.1) is 6.42 Å². The van der Waals surface area contributed by atoms with Crippen LogP contribution < -0.4 is 0 Å². The molecule has 0 N–H and O–H groups in total. The monoisotopic (exact) mass is 221 g/mol. The summed E-state index contributed by atoms with van der Waals surface area (Å²) in [4.78, 5) is 13.2. The Morgan fingerprint density at radius 1 is 1.69 bits per heavy atom. The van der Waals surface area contributed by atoms with Gasteiger partial charge < -0.3 is 9.15 Å². The fourth-order valence-electron chi connectivity index (χ4n) is 1.41. The van der Waals surface area contributed by atoms with E-state index in [2.05, 4.69) is 10.7 Å². The van der Waals surface area contributed by atoms with Gasteiger partial charge in [0.15, 0.2) is 0 Å².